The van der Waals surface area contributed by atoms with E-state index in [1.54, 1.807) is 6.92 Å². The molecule has 0 unspecified atom stereocenters. The van der Waals surface area contributed by atoms with Gasteiger partial charge in [0, 0.05) is 17.5 Å². The molecule has 0 aliphatic rings. The molecule has 1 heterocycles. The van der Waals surface area contributed by atoms with Crippen LogP contribution < -0.4 is 5.73 Å². The van der Waals surface area contributed by atoms with Crippen molar-refractivity contribution < 1.29 is 13.9 Å². The van der Waals surface area contributed by atoms with Crippen LogP contribution in [0.5, 0.6) is 0 Å². The average Bonchev–Trinajstić information content (AvgIpc) is 2.61. The molecule has 0 bridgehead atoms. The van der Waals surface area contributed by atoms with E-state index in [9.17, 15) is 4.79 Å². The Bertz CT molecular complexity index is 374. The predicted molar refractivity (Wildman–Crippen MR) is 61.3 cm³/mol. The molecule has 0 aliphatic heterocycles. The van der Waals surface area contributed by atoms with Crippen molar-refractivity contribution in [2.75, 3.05) is 6.61 Å². The summed E-state index contributed by atoms with van der Waals surface area (Å²) < 4.78 is 10.4. The van der Waals surface area contributed by atoms with Gasteiger partial charge in [-0.1, -0.05) is 20.8 Å². The summed E-state index contributed by atoms with van der Waals surface area (Å²) in [5.74, 6) is 0.531. The third kappa shape index (κ3) is 2.64. The standard InChI is InChI=1S/C12H19NO3/c1-5-15-11(14)10-8(7-13)6-9(16-10)12(2,3)4/h6H,5,7,13H2,1-4H3. The van der Waals surface area contributed by atoms with Crippen molar-refractivity contribution in [3.63, 3.8) is 0 Å². The highest BCUT2D eigenvalue weighted by molar-refractivity contribution is 5.88. The Morgan fingerprint density at radius 2 is 2.12 bits per heavy atom. The molecule has 1 aromatic rings. The minimum Gasteiger partial charge on any atom is -0.460 e. The Morgan fingerprint density at radius 3 is 2.56 bits per heavy atom. The van der Waals surface area contributed by atoms with Crippen LogP contribution in [0.15, 0.2) is 10.5 Å². The van der Waals surface area contributed by atoms with Gasteiger partial charge in [0.25, 0.3) is 0 Å². The highest BCUT2D eigenvalue weighted by Gasteiger charge is 2.24. The Hall–Kier alpha value is -1.29. The van der Waals surface area contributed by atoms with E-state index < -0.39 is 5.97 Å². The van der Waals surface area contributed by atoms with Crippen molar-refractivity contribution in [1.29, 1.82) is 0 Å². The molecule has 0 radical (unpaired) electrons. The maximum absolute atomic E-state index is 11.6. The van der Waals surface area contributed by atoms with Crippen LogP contribution in [0.4, 0.5) is 0 Å². The molecule has 4 nitrogen and oxygen atoms in total. The van der Waals surface area contributed by atoms with Gasteiger partial charge in [0.05, 0.1) is 6.61 Å². The lowest BCUT2D eigenvalue weighted by Crippen LogP contribution is -2.09. The lowest BCUT2D eigenvalue weighted by molar-refractivity contribution is 0.0484. The van der Waals surface area contributed by atoms with Gasteiger partial charge in [0.2, 0.25) is 5.76 Å². The summed E-state index contributed by atoms with van der Waals surface area (Å²) >= 11 is 0. The number of carbonyl (C=O) groups excluding carboxylic acids is 1. The normalized spacial score (nSPS) is 11.6. The largest absolute Gasteiger partial charge is 0.460 e. The van der Waals surface area contributed by atoms with E-state index in [4.69, 9.17) is 14.9 Å². The van der Waals surface area contributed by atoms with Crippen molar-refractivity contribution >= 4 is 5.97 Å². The summed E-state index contributed by atoms with van der Waals surface area (Å²) in [5, 5.41) is 0. The summed E-state index contributed by atoms with van der Waals surface area (Å²) in [7, 11) is 0. The third-order valence-electron chi connectivity index (χ3n) is 2.23. The lowest BCUT2D eigenvalue weighted by atomic mass is 9.93. The van der Waals surface area contributed by atoms with Crippen molar-refractivity contribution in [1.82, 2.24) is 0 Å². The van der Waals surface area contributed by atoms with E-state index in [0.29, 0.717) is 12.2 Å². The summed E-state index contributed by atoms with van der Waals surface area (Å²) in [6, 6.07) is 1.83. The molecule has 16 heavy (non-hydrogen) atoms. The lowest BCUT2D eigenvalue weighted by Gasteiger charge is -2.13. The fourth-order valence-electron chi connectivity index (χ4n) is 1.32. The van der Waals surface area contributed by atoms with Gasteiger partial charge < -0.3 is 14.9 Å². The maximum atomic E-state index is 11.6. The molecule has 0 aliphatic carbocycles. The first-order chi connectivity index (χ1) is 7.40. The van der Waals surface area contributed by atoms with E-state index in [1.807, 2.05) is 26.8 Å². The predicted octanol–water partition coefficient (Wildman–Crippen LogP) is 2.21. The molecule has 4 heteroatoms. The molecular weight excluding hydrogens is 206 g/mol. The molecule has 0 saturated carbocycles. The Balaban J connectivity index is 3.09. The van der Waals surface area contributed by atoms with Gasteiger partial charge in [0.1, 0.15) is 5.76 Å². The van der Waals surface area contributed by atoms with Crippen molar-refractivity contribution in [2.24, 2.45) is 5.73 Å². The minimum atomic E-state index is -0.446. The molecule has 0 atom stereocenters. The number of ether oxygens (including phenoxy) is 1. The summed E-state index contributed by atoms with van der Waals surface area (Å²) in [6.07, 6.45) is 0. The molecule has 0 spiro atoms. The third-order valence-corrected chi connectivity index (χ3v) is 2.23. The number of hydrogen-bond acceptors (Lipinski definition) is 4. The average molecular weight is 225 g/mol. The summed E-state index contributed by atoms with van der Waals surface area (Å²) in [4.78, 5) is 11.6. The van der Waals surface area contributed by atoms with E-state index in [-0.39, 0.29) is 17.7 Å². The van der Waals surface area contributed by atoms with E-state index in [0.717, 1.165) is 5.76 Å². The maximum Gasteiger partial charge on any atom is 0.374 e. The number of furan rings is 1. The van der Waals surface area contributed by atoms with Crippen LogP contribution in [0.2, 0.25) is 0 Å². The number of hydrogen-bond donors (Lipinski definition) is 1. The number of nitrogens with two attached hydrogens (primary N) is 1. The second kappa shape index (κ2) is 4.70. The Morgan fingerprint density at radius 1 is 1.50 bits per heavy atom. The number of rotatable bonds is 3. The zero-order valence-electron chi connectivity index (χ0n) is 10.3. The summed E-state index contributed by atoms with van der Waals surface area (Å²) in [6.45, 7) is 8.40. The van der Waals surface area contributed by atoms with E-state index in [2.05, 4.69) is 0 Å². The Kier molecular flexibility index (Phi) is 3.75. The zero-order valence-corrected chi connectivity index (χ0v) is 10.3. The second-order valence-electron chi connectivity index (χ2n) is 4.64. The minimum absolute atomic E-state index is 0.144. The highest BCUT2D eigenvalue weighted by Crippen LogP contribution is 2.27. The van der Waals surface area contributed by atoms with Crippen LogP contribution >= 0.6 is 0 Å². The first-order valence-corrected chi connectivity index (χ1v) is 5.40. The molecule has 0 saturated heterocycles. The van der Waals surface area contributed by atoms with Crippen molar-refractivity contribution in [2.45, 2.75) is 39.7 Å². The second-order valence-corrected chi connectivity index (χ2v) is 4.64. The van der Waals surface area contributed by atoms with Crippen LogP contribution in [0.25, 0.3) is 0 Å². The Labute approximate surface area is 95.8 Å². The van der Waals surface area contributed by atoms with Gasteiger partial charge in [0.15, 0.2) is 0 Å². The van der Waals surface area contributed by atoms with Crippen molar-refractivity contribution in [3.8, 4) is 0 Å². The summed E-state index contributed by atoms with van der Waals surface area (Å²) in [5.41, 5.74) is 6.13. The first kappa shape index (κ1) is 12.8. The number of esters is 1. The quantitative estimate of drug-likeness (QED) is 0.801. The SMILES string of the molecule is CCOC(=O)c1oc(C(C)(C)C)cc1CN. The molecule has 1 aromatic heterocycles. The molecule has 0 aromatic carbocycles. The smallest absolute Gasteiger partial charge is 0.374 e. The molecule has 0 amide bonds. The fourth-order valence-corrected chi connectivity index (χ4v) is 1.32. The van der Waals surface area contributed by atoms with Crippen molar-refractivity contribution in [3.05, 3.63) is 23.2 Å². The van der Waals surface area contributed by atoms with Gasteiger partial charge in [-0.15, -0.1) is 0 Å². The monoisotopic (exact) mass is 225 g/mol. The van der Waals surface area contributed by atoms with Crippen LogP contribution in [-0.4, -0.2) is 12.6 Å². The first-order valence-electron chi connectivity index (χ1n) is 5.40. The van der Waals surface area contributed by atoms with Gasteiger partial charge in [-0.3, -0.25) is 0 Å². The van der Waals surface area contributed by atoms with Crippen LogP contribution in [0, 0.1) is 0 Å². The van der Waals surface area contributed by atoms with Crippen LogP contribution in [0.1, 0.15) is 49.6 Å². The molecular formula is C12H19NO3. The van der Waals surface area contributed by atoms with Crippen LogP contribution in [-0.2, 0) is 16.7 Å². The molecule has 0 fully saturated rings. The number of carbonyl (C=O) groups is 1. The topological polar surface area (TPSA) is 65.5 Å². The van der Waals surface area contributed by atoms with E-state index >= 15 is 0 Å². The highest BCUT2D eigenvalue weighted by atomic mass is 16.5. The van der Waals surface area contributed by atoms with Gasteiger partial charge >= 0.3 is 5.97 Å². The van der Waals surface area contributed by atoms with Gasteiger partial charge in [-0.25, -0.2) is 4.79 Å². The molecule has 2 N–H and O–H groups in total. The van der Waals surface area contributed by atoms with E-state index in [1.165, 1.54) is 0 Å². The molecule has 90 valence electrons. The fraction of sp³-hybridized carbons (Fsp3) is 0.583. The zero-order chi connectivity index (χ0) is 12.3. The van der Waals surface area contributed by atoms with Gasteiger partial charge in [-0.05, 0) is 13.0 Å². The van der Waals surface area contributed by atoms with Gasteiger partial charge in [-0.2, -0.15) is 0 Å². The van der Waals surface area contributed by atoms with Crippen LogP contribution in [0.3, 0.4) is 0 Å². The molecule has 1 rings (SSSR count).